The van der Waals surface area contributed by atoms with E-state index < -0.39 is 0 Å². The maximum Gasteiger partial charge on any atom is 0.132 e. The molecule has 3 nitrogen and oxygen atoms in total. The van der Waals surface area contributed by atoms with Crippen LogP contribution in [0.2, 0.25) is 0 Å². The summed E-state index contributed by atoms with van der Waals surface area (Å²) in [4.78, 5) is 8.68. The van der Waals surface area contributed by atoms with Gasteiger partial charge in [0.15, 0.2) is 0 Å². The SMILES string of the molecule is CCCNc1ncnc(-c2cccc(Br)c2)c1C. The van der Waals surface area contributed by atoms with Gasteiger partial charge in [0.25, 0.3) is 0 Å². The van der Waals surface area contributed by atoms with Crippen LogP contribution in [0, 0.1) is 6.92 Å². The highest BCUT2D eigenvalue weighted by molar-refractivity contribution is 9.10. The standard InChI is InChI=1S/C14H16BrN3/c1-3-7-16-14-10(2)13(17-9-18-14)11-5-4-6-12(15)8-11/h4-6,8-9H,3,7H2,1-2H3,(H,16,17,18). The summed E-state index contributed by atoms with van der Waals surface area (Å²) in [5, 5.41) is 3.32. The first-order valence-electron chi connectivity index (χ1n) is 6.03. The molecule has 1 N–H and O–H groups in total. The second-order valence-electron chi connectivity index (χ2n) is 4.13. The number of benzene rings is 1. The van der Waals surface area contributed by atoms with Crippen molar-refractivity contribution in [3.63, 3.8) is 0 Å². The number of nitrogens with zero attached hydrogens (tertiary/aromatic N) is 2. The lowest BCUT2D eigenvalue weighted by atomic mass is 10.1. The Morgan fingerprint density at radius 3 is 2.83 bits per heavy atom. The van der Waals surface area contributed by atoms with Crippen LogP contribution in [-0.2, 0) is 0 Å². The molecule has 2 aromatic rings. The predicted molar refractivity (Wildman–Crippen MR) is 78.7 cm³/mol. The maximum atomic E-state index is 4.39. The average Bonchev–Trinajstić information content (AvgIpc) is 2.37. The van der Waals surface area contributed by atoms with Crippen molar-refractivity contribution >= 4 is 21.7 Å². The Balaban J connectivity index is 2.39. The number of rotatable bonds is 4. The molecule has 0 spiro atoms. The Morgan fingerprint density at radius 1 is 1.28 bits per heavy atom. The second-order valence-corrected chi connectivity index (χ2v) is 5.05. The molecule has 0 radical (unpaired) electrons. The Labute approximate surface area is 116 Å². The van der Waals surface area contributed by atoms with E-state index >= 15 is 0 Å². The van der Waals surface area contributed by atoms with Crippen molar-refractivity contribution in [1.82, 2.24) is 9.97 Å². The van der Waals surface area contributed by atoms with Gasteiger partial charge in [-0.25, -0.2) is 9.97 Å². The molecule has 0 saturated heterocycles. The van der Waals surface area contributed by atoms with Gasteiger partial charge in [-0.1, -0.05) is 35.0 Å². The molecular formula is C14H16BrN3. The van der Waals surface area contributed by atoms with Gasteiger partial charge in [0.05, 0.1) is 5.69 Å². The average molecular weight is 306 g/mol. The molecule has 0 fully saturated rings. The smallest absolute Gasteiger partial charge is 0.132 e. The van der Waals surface area contributed by atoms with Crippen LogP contribution in [-0.4, -0.2) is 16.5 Å². The fourth-order valence-corrected chi connectivity index (χ4v) is 2.20. The Morgan fingerprint density at radius 2 is 2.11 bits per heavy atom. The highest BCUT2D eigenvalue weighted by Crippen LogP contribution is 2.26. The Kier molecular flexibility index (Phi) is 4.31. The molecule has 1 aromatic carbocycles. The summed E-state index contributed by atoms with van der Waals surface area (Å²) in [5.74, 6) is 0.918. The molecule has 94 valence electrons. The summed E-state index contributed by atoms with van der Waals surface area (Å²) >= 11 is 3.49. The van der Waals surface area contributed by atoms with E-state index in [4.69, 9.17) is 0 Å². The monoisotopic (exact) mass is 305 g/mol. The predicted octanol–water partition coefficient (Wildman–Crippen LogP) is 4.04. The van der Waals surface area contributed by atoms with E-state index in [1.807, 2.05) is 19.1 Å². The normalized spacial score (nSPS) is 10.4. The molecule has 0 saturated carbocycles. The fourth-order valence-electron chi connectivity index (χ4n) is 1.80. The van der Waals surface area contributed by atoms with Crippen LogP contribution in [0.15, 0.2) is 35.1 Å². The molecule has 0 aliphatic carbocycles. The number of halogens is 1. The van der Waals surface area contributed by atoms with E-state index in [1.165, 1.54) is 0 Å². The van der Waals surface area contributed by atoms with Gasteiger partial charge in [-0.05, 0) is 25.5 Å². The maximum absolute atomic E-state index is 4.39. The molecule has 0 amide bonds. The fraction of sp³-hybridized carbons (Fsp3) is 0.286. The van der Waals surface area contributed by atoms with E-state index in [2.05, 4.69) is 50.3 Å². The molecule has 18 heavy (non-hydrogen) atoms. The third kappa shape index (κ3) is 2.88. The van der Waals surface area contributed by atoms with E-state index in [9.17, 15) is 0 Å². The van der Waals surface area contributed by atoms with Crippen molar-refractivity contribution in [3.05, 3.63) is 40.6 Å². The van der Waals surface area contributed by atoms with Gasteiger partial charge in [-0.15, -0.1) is 0 Å². The van der Waals surface area contributed by atoms with Crippen molar-refractivity contribution in [1.29, 1.82) is 0 Å². The number of anilines is 1. The van der Waals surface area contributed by atoms with Crippen molar-refractivity contribution in [2.45, 2.75) is 20.3 Å². The van der Waals surface area contributed by atoms with E-state index in [1.54, 1.807) is 6.33 Å². The molecule has 0 aliphatic rings. The topological polar surface area (TPSA) is 37.8 Å². The van der Waals surface area contributed by atoms with Crippen LogP contribution in [0.1, 0.15) is 18.9 Å². The lowest BCUT2D eigenvalue weighted by Crippen LogP contribution is -2.05. The molecule has 2 rings (SSSR count). The van der Waals surface area contributed by atoms with Gasteiger partial charge in [-0.2, -0.15) is 0 Å². The van der Waals surface area contributed by atoms with Crippen LogP contribution < -0.4 is 5.32 Å². The van der Waals surface area contributed by atoms with Crippen LogP contribution in [0.4, 0.5) is 5.82 Å². The Bertz CT molecular complexity index is 540. The molecule has 4 heteroatoms. The Hall–Kier alpha value is -1.42. The first-order valence-corrected chi connectivity index (χ1v) is 6.83. The van der Waals surface area contributed by atoms with E-state index in [0.717, 1.165) is 40.1 Å². The zero-order chi connectivity index (χ0) is 13.0. The summed E-state index contributed by atoms with van der Waals surface area (Å²) in [6, 6.07) is 8.15. The van der Waals surface area contributed by atoms with Crippen LogP contribution in [0.3, 0.4) is 0 Å². The number of hydrogen-bond acceptors (Lipinski definition) is 3. The molecule has 1 aromatic heterocycles. The van der Waals surface area contributed by atoms with Crippen LogP contribution in [0.25, 0.3) is 11.3 Å². The first-order chi connectivity index (χ1) is 8.72. The second kappa shape index (κ2) is 5.96. The van der Waals surface area contributed by atoms with Crippen LogP contribution in [0.5, 0.6) is 0 Å². The molecule has 0 atom stereocenters. The van der Waals surface area contributed by atoms with Gasteiger partial charge in [0, 0.05) is 22.1 Å². The van der Waals surface area contributed by atoms with Crippen LogP contribution >= 0.6 is 15.9 Å². The zero-order valence-corrected chi connectivity index (χ0v) is 12.2. The van der Waals surface area contributed by atoms with E-state index in [0.29, 0.717) is 0 Å². The highest BCUT2D eigenvalue weighted by Gasteiger charge is 2.08. The number of nitrogens with one attached hydrogen (secondary N) is 1. The van der Waals surface area contributed by atoms with Crippen molar-refractivity contribution in [2.75, 3.05) is 11.9 Å². The lowest BCUT2D eigenvalue weighted by Gasteiger charge is -2.11. The van der Waals surface area contributed by atoms with E-state index in [-0.39, 0.29) is 0 Å². The van der Waals surface area contributed by atoms with Gasteiger partial charge < -0.3 is 5.32 Å². The van der Waals surface area contributed by atoms with Gasteiger partial charge in [0.1, 0.15) is 12.1 Å². The summed E-state index contributed by atoms with van der Waals surface area (Å²) in [6.07, 6.45) is 2.69. The van der Waals surface area contributed by atoms with Gasteiger partial charge >= 0.3 is 0 Å². The number of aromatic nitrogens is 2. The molecular weight excluding hydrogens is 290 g/mol. The van der Waals surface area contributed by atoms with Crippen molar-refractivity contribution < 1.29 is 0 Å². The minimum absolute atomic E-state index is 0.918. The third-order valence-electron chi connectivity index (χ3n) is 2.72. The first kappa shape index (κ1) is 13.0. The summed E-state index contributed by atoms with van der Waals surface area (Å²) in [6.45, 7) is 5.11. The quantitative estimate of drug-likeness (QED) is 0.926. The molecule has 0 aliphatic heterocycles. The molecule has 0 bridgehead atoms. The summed E-state index contributed by atoms with van der Waals surface area (Å²) < 4.78 is 1.06. The summed E-state index contributed by atoms with van der Waals surface area (Å²) in [7, 11) is 0. The molecule has 0 unspecified atom stereocenters. The highest BCUT2D eigenvalue weighted by atomic mass is 79.9. The van der Waals surface area contributed by atoms with Crippen molar-refractivity contribution in [3.8, 4) is 11.3 Å². The molecule has 1 heterocycles. The number of hydrogen-bond donors (Lipinski definition) is 1. The lowest BCUT2D eigenvalue weighted by molar-refractivity contribution is 0.960. The largest absolute Gasteiger partial charge is 0.370 e. The van der Waals surface area contributed by atoms with Crippen molar-refractivity contribution in [2.24, 2.45) is 0 Å². The summed E-state index contributed by atoms with van der Waals surface area (Å²) in [5.41, 5.74) is 3.16. The van der Waals surface area contributed by atoms with Gasteiger partial charge in [-0.3, -0.25) is 0 Å². The zero-order valence-electron chi connectivity index (χ0n) is 10.6. The minimum atomic E-state index is 0.918. The third-order valence-corrected chi connectivity index (χ3v) is 3.22. The van der Waals surface area contributed by atoms with Gasteiger partial charge in [0.2, 0.25) is 0 Å². The minimum Gasteiger partial charge on any atom is -0.370 e.